The number of anilines is 1. The highest BCUT2D eigenvalue weighted by Crippen LogP contribution is 2.09. The SMILES string of the molecule is C1=CN(c2cnc[nH]2)CN=C1. The summed E-state index contributed by atoms with van der Waals surface area (Å²) in [5.74, 6) is 0.970. The molecule has 0 spiro atoms. The van der Waals surface area contributed by atoms with Crippen molar-refractivity contribution in [3.63, 3.8) is 0 Å². The van der Waals surface area contributed by atoms with Crippen molar-refractivity contribution in [1.82, 2.24) is 9.97 Å². The molecule has 0 saturated carbocycles. The molecule has 11 heavy (non-hydrogen) atoms. The Kier molecular flexibility index (Phi) is 1.44. The fraction of sp³-hybridized carbons (Fsp3) is 0.143. The maximum absolute atomic E-state index is 4.08. The molecule has 1 aliphatic heterocycles. The average Bonchev–Trinajstić information content (AvgIpc) is 2.58. The smallest absolute Gasteiger partial charge is 0.131 e. The average molecular weight is 148 g/mol. The summed E-state index contributed by atoms with van der Waals surface area (Å²) in [5, 5.41) is 0. The van der Waals surface area contributed by atoms with Crippen molar-refractivity contribution < 1.29 is 0 Å². The first kappa shape index (κ1) is 6.15. The molecule has 0 bridgehead atoms. The van der Waals surface area contributed by atoms with E-state index in [1.807, 2.05) is 17.2 Å². The molecule has 1 aliphatic rings. The zero-order valence-corrected chi connectivity index (χ0v) is 5.94. The number of imidazole rings is 1. The van der Waals surface area contributed by atoms with Gasteiger partial charge in [-0.1, -0.05) is 0 Å². The summed E-state index contributed by atoms with van der Waals surface area (Å²) in [6, 6.07) is 0. The molecular weight excluding hydrogens is 140 g/mol. The van der Waals surface area contributed by atoms with Gasteiger partial charge in [0.15, 0.2) is 0 Å². The fourth-order valence-electron chi connectivity index (χ4n) is 0.948. The largest absolute Gasteiger partial charge is 0.331 e. The Bertz CT molecular complexity index is 273. The molecule has 0 aromatic carbocycles. The van der Waals surface area contributed by atoms with Crippen LogP contribution in [0.25, 0.3) is 0 Å². The van der Waals surface area contributed by atoms with Crippen molar-refractivity contribution in [2.45, 2.75) is 0 Å². The highest BCUT2D eigenvalue weighted by atomic mass is 15.2. The van der Waals surface area contributed by atoms with E-state index >= 15 is 0 Å². The quantitative estimate of drug-likeness (QED) is 0.639. The molecule has 0 fully saturated rings. The van der Waals surface area contributed by atoms with Crippen LogP contribution in [0, 0.1) is 0 Å². The Balaban J connectivity index is 2.19. The second kappa shape index (κ2) is 2.57. The normalized spacial score (nSPS) is 15.8. The lowest BCUT2D eigenvalue weighted by Gasteiger charge is -2.16. The second-order valence-electron chi connectivity index (χ2n) is 2.22. The molecule has 1 aromatic rings. The van der Waals surface area contributed by atoms with Crippen LogP contribution in [0.2, 0.25) is 0 Å². The Morgan fingerprint density at radius 3 is 3.18 bits per heavy atom. The zero-order valence-electron chi connectivity index (χ0n) is 5.94. The number of nitrogens with one attached hydrogen (secondary N) is 1. The topological polar surface area (TPSA) is 44.3 Å². The van der Waals surface area contributed by atoms with Gasteiger partial charge in [0.25, 0.3) is 0 Å². The van der Waals surface area contributed by atoms with Gasteiger partial charge in [0.2, 0.25) is 0 Å². The van der Waals surface area contributed by atoms with E-state index in [1.54, 1.807) is 18.7 Å². The van der Waals surface area contributed by atoms with E-state index in [0.29, 0.717) is 6.67 Å². The Hall–Kier alpha value is -1.58. The first-order valence-electron chi connectivity index (χ1n) is 3.38. The van der Waals surface area contributed by atoms with Gasteiger partial charge in [-0.2, -0.15) is 0 Å². The summed E-state index contributed by atoms with van der Waals surface area (Å²) in [5.41, 5.74) is 0. The summed E-state index contributed by atoms with van der Waals surface area (Å²) in [4.78, 5) is 13.0. The minimum atomic E-state index is 0.665. The lowest BCUT2D eigenvalue weighted by molar-refractivity contribution is 0.951. The van der Waals surface area contributed by atoms with Crippen LogP contribution in [0.1, 0.15) is 0 Å². The number of nitrogens with zero attached hydrogens (tertiary/aromatic N) is 3. The molecule has 4 nitrogen and oxygen atoms in total. The van der Waals surface area contributed by atoms with Crippen LogP contribution in [0.4, 0.5) is 5.82 Å². The number of allylic oxidation sites excluding steroid dienone is 1. The number of hydrogen-bond acceptors (Lipinski definition) is 3. The summed E-state index contributed by atoms with van der Waals surface area (Å²) in [7, 11) is 0. The van der Waals surface area contributed by atoms with Crippen molar-refractivity contribution >= 4 is 12.0 Å². The van der Waals surface area contributed by atoms with Gasteiger partial charge in [-0.05, 0) is 6.08 Å². The van der Waals surface area contributed by atoms with E-state index in [2.05, 4.69) is 15.0 Å². The molecule has 1 aromatic heterocycles. The van der Waals surface area contributed by atoms with E-state index in [1.165, 1.54) is 0 Å². The highest BCUT2D eigenvalue weighted by molar-refractivity contribution is 5.73. The van der Waals surface area contributed by atoms with Crippen LogP contribution in [0.5, 0.6) is 0 Å². The number of aliphatic imine (C=N–C) groups is 1. The van der Waals surface area contributed by atoms with Crippen molar-refractivity contribution in [2.24, 2.45) is 4.99 Å². The van der Waals surface area contributed by atoms with E-state index in [9.17, 15) is 0 Å². The number of H-pyrrole nitrogens is 1. The molecule has 1 N–H and O–H groups in total. The van der Waals surface area contributed by atoms with Crippen molar-refractivity contribution in [3.05, 3.63) is 24.8 Å². The minimum Gasteiger partial charge on any atom is -0.331 e. The van der Waals surface area contributed by atoms with E-state index in [4.69, 9.17) is 0 Å². The Morgan fingerprint density at radius 2 is 2.55 bits per heavy atom. The number of hydrogen-bond donors (Lipinski definition) is 1. The molecule has 2 rings (SSSR count). The van der Waals surface area contributed by atoms with Crippen molar-refractivity contribution in [3.8, 4) is 0 Å². The Labute approximate surface area is 64.3 Å². The molecule has 0 aliphatic carbocycles. The van der Waals surface area contributed by atoms with Gasteiger partial charge in [0.05, 0.1) is 12.5 Å². The van der Waals surface area contributed by atoms with Crippen LogP contribution in [-0.2, 0) is 0 Å². The van der Waals surface area contributed by atoms with Gasteiger partial charge in [0, 0.05) is 12.4 Å². The lowest BCUT2D eigenvalue weighted by atomic mass is 10.5. The van der Waals surface area contributed by atoms with Gasteiger partial charge in [0.1, 0.15) is 12.5 Å². The molecule has 0 atom stereocenters. The van der Waals surface area contributed by atoms with E-state index < -0.39 is 0 Å². The van der Waals surface area contributed by atoms with Crippen LogP contribution < -0.4 is 4.90 Å². The van der Waals surface area contributed by atoms with Crippen LogP contribution in [0.15, 0.2) is 29.8 Å². The predicted octanol–water partition coefficient (Wildman–Crippen LogP) is 0.772. The molecule has 0 unspecified atom stereocenters. The second-order valence-corrected chi connectivity index (χ2v) is 2.22. The third-order valence-electron chi connectivity index (χ3n) is 1.48. The molecule has 0 amide bonds. The van der Waals surface area contributed by atoms with Gasteiger partial charge < -0.3 is 9.88 Å². The lowest BCUT2D eigenvalue weighted by Crippen LogP contribution is -2.18. The van der Waals surface area contributed by atoms with Gasteiger partial charge in [-0.15, -0.1) is 0 Å². The first-order valence-corrected chi connectivity index (χ1v) is 3.38. The monoisotopic (exact) mass is 148 g/mol. The molecular formula is C7H8N4. The molecule has 0 saturated heterocycles. The summed E-state index contributed by atoms with van der Waals surface area (Å²) in [6.07, 6.45) is 9.06. The van der Waals surface area contributed by atoms with Crippen LogP contribution in [0.3, 0.4) is 0 Å². The predicted molar refractivity (Wildman–Crippen MR) is 43.6 cm³/mol. The number of rotatable bonds is 1. The Morgan fingerprint density at radius 1 is 1.55 bits per heavy atom. The zero-order chi connectivity index (χ0) is 7.52. The molecule has 56 valence electrons. The van der Waals surface area contributed by atoms with Gasteiger partial charge in [-0.25, -0.2) is 4.98 Å². The van der Waals surface area contributed by atoms with Crippen LogP contribution >= 0.6 is 0 Å². The highest BCUT2D eigenvalue weighted by Gasteiger charge is 2.03. The first-order chi connectivity index (χ1) is 5.47. The standard InChI is InChI=1S/C7H8N4/c1-2-8-6-11(3-1)7-4-9-5-10-7/h1-5H,6H2,(H,9,10). The summed E-state index contributed by atoms with van der Waals surface area (Å²) in [6.45, 7) is 0.665. The molecule has 4 heteroatoms. The summed E-state index contributed by atoms with van der Waals surface area (Å²) >= 11 is 0. The van der Waals surface area contributed by atoms with Crippen molar-refractivity contribution in [1.29, 1.82) is 0 Å². The third kappa shape index (κ3) is 1.14. The summed E-state index contributed by atoms with van der Waals surface area (Å²) < 4.78 is 0. The molecule has 0 radical (unpaired) electrons. The van der Waals surface area contributed by atoms with Crippen molar-refractivity contribution in [2.75, 3.05) is 11.6 Å². The third-order valence-corrected chi connectivity index (χ3v) is 1.48. The number of aromatic amines is 1. The maximum Gasteiger partial charge on any atom is 0.131 e. The van der Waals surface area contributed by atoms with Gasteiger partial charge in [-0.3, -0.25) is 4.99 Å². The fourth-order valence-corrected chi connectivity index (χ4v) is 0.948. The van der Waals surface area contributed by atoms with Crippen LogP contribution in [-0.4, -0.2) is 22.9 Å². The van der Waals surface area contributed by atoms with E-state index in [0.717, 1.165) is 5.82 Å². The van der Waals surface area contributed by atoms with Gasteiger partial charge >= 0.3 is 0 Å². The number of aromatic nitrogens is 2. The molecule has 2 heterocycles. The van der Waals surface area contributed by atoms with E-state index in [-0.39, 0.29) is 0 Å². The maximum atomic E-state index is 4.08. The minimum absolute atomic E-state index is 0.665.